The average molecular weight is 435 g/mol. The summed E-state index contributed by atoms with van der Waals surface area (Å²) in [5, 5.41) is 23.7. The van der Waals surface area contributed by atoms with Crippen molar-refractivity contribution in [2.75, 3.05) is 17.2 Å². The number of nitrogen functional groups attached to an aromatic ring is 2. The van der Waals surface area contributed by atoms with Crippen LogP contribution in [-0.2, 0) is 0 Å². The molecular formula is C22H22N6O2S. The third-order valence-corrected chi connectivity index (χ3v) is 8.18. The molecule has 6 N–H and O–H groups in total. The Balaban J connectivity index is 1.27. The molecule has 4 aromatic rings. The Morgan fingerprint density at radius 1 is 1.13 bits per heavy atom. The maximum atomic E-state index is 11.0. The van der Waals surface area contributed by atoms with Crippen LogP contribution in [0, 0.1) is 11.3 Å². The van der Waals surface area contributed by atoms with Crippen LogP contribution < -0.4 is 11.5 Å². The summed E-state index contributed by atoms with van der Waals surface area (Å²) in [6.45, 7) is 0. The number of nitrogens with zero attached hydrogens (tertiary/aromatic N) is 4. The second-order valence-corrected chi connectivity index (χ2v) is 9.62. The van der Waals surface area contributed by atoms with Gasteiger partial charge in [-0.15, -0.1) is 11.8 Å². The van der Waals surface area contributed by atoms with Gasteiger partial charge in [-0.2, -0.15) is 0 Å². The molecule has 0 unspecified atom stereocenters. The highest BCUT2D eigenvalue weighted by Gasteiger charge is 2.71. The van der Waals surface area contributed by atoms with Crippen molar-refractivity contribution in [2.45, 2.75) is 29.6 Å². The zero-order valence-electron chi connectivity index (χ0n) is 16.6. The van der Waals surface area contributed by atoms with Crippen molar-refractivity contribution < 1.29 is 10.2 Å². The summed E-state index contributed by atoms with van der Waals surface area (Å²) in [6, 6.07) is 11.5. The maximum Gasteiger partial charge on any atom is 0.145 e. The van der Waals surface area contributed by atoms with Crippen molar-refractivity contribution in [2.24, 2.45) is 11.3 Å². The largest absolute Gasteiger partial charge is 0.390 e. The molecular weight excluding hydrogens is 412 g/mol. The van der Waals surface area contributed by atoms with E-state index in [1.165, 1.54) is 6.33 Å². The van der Waals surface area contributed by atoms with Crippen molar-refractivity contribution in [3.63, 3.8) is 0 Å². The molecule has 31 heavy (non-hydrogen) atoms. The zero-order chi connectivity index (χ0) is 21.3. The zero-order valence-corrected chi connectivity index (χ0v) is 17.4. The Labute approximate surface area is 182 Å². The van der Waals surface area contributed by atoms with Crippen LogP contribution in [0.25, 0.3) is 21.9 Å². The van der Waals surface area contributed by atoms with Crippen LogP contribution in [0.2, 0.25) is 0 Å². The molecule has 2 aliphatic carbocycles. The summed E-state index contributed by atoms with van der Waals surface area (Å²) in [7, 11) is 0. The van der Waals surface area contributed by atoms with Gasteiger partial charge in [-0.3, -0.25) is 0 Å². The fourth-order valence-corrected chi connectivity index (χ4v) is 6.47. The summed E-state index contributed by atoms with van der Waals surface area (Å²) < 4.78 is 1.95. The van der Waals surface area contributed by atoms with E-state index in [0.29, 0.717) is 17.3 Å². The molecule has 0 aliphatic heterocycles. The van der Waals surface area contributed by atoms with Crippen LogP contribution in [0.1, 0.15) is 12.5 Å². The lowest BCUT2D eigenvalue weighted by Crippen LogP contribution is -2.35. The van der Waals surface area contributed by atoms with Crippen LogP contribution in [-0.4, -0.2) is 47.7 Å². The van der Waals surface area contributed by atoms with E-state index in [-0.39, 0.29) is 17.4 Å². The van der Waals surface area contributed by atoms with Gasteiger partial charge in [-0.05, 0) is 42.7 Å². The molecule has 2 aliphatic rings. The molecule has 0 spiro atoms. The topological polar surface area (TPSA) is 136 Å². The molecule has 0 saturated heterocycles. The van der Waals surface area contributed by atoms with Gasteiger partial charge in [0, 0.05) is 27.6 Å². The highest BCUT2D eigenvalue weighted by atomic mass is 32.2. The molecule has 8 nitrogen and oxygen atoms in total. The molecule has 0 amide bonds. The van der Waals surface area contributed by atoms with Crippen molar-refractivity contribution in [1.82, 2.24) is 19.5 Å². The summed E-state index contributed by atoms with van der Waals surface area (Å²) in [5.74, 6) is 1.80. The normalized spacial score (nSPS) is 29.5. The van der Waals surface area contributed by atoms with Crippen LogP contribution in [0.5, 0.6) is 0 Å². The van der Waals surface area contributed by atoms with Crippen molar-refractivity contribution >= 4 is 45.3 Å². The number of benzene rings is 1. The first-order chi connectivity index (χ1) is 15.0. The van der Waals surface area contributed by atoms with E-state index in [0.717, 1.165) is 33.4 Å². The average Bonchev–Trinajstić information content (AvgIpc) is 3.25. The van der Waals surface area contributed by atoms with Gasteiger partial charge in [0.2, 0.25) is 0 Å². The third-order valence-electron chi connectivity index (χ3n) is 6.91. The SMILES string of the molecule is Nc1ccc2ccc(SC[C@@]34C[C@@H]3[C@@H](n3ccc5c(N)ncnc53)[C@H](O)[C@@H]4O)cc2n1. The lowest BCUT2D eigenvalue weighted by molar-refractivity contribution is -0.0125. The van der Waals surface area contributed by atoms with E-state index < -0.39 is 12.2 Å². The van der Waals surface area contributed by atoms with E-state index in [9.17, 15) is 10.2 Å². The number of hydrogen-bond donors (Lipinski definition) is 4. The van der Waals surface area contributed by atoms with Gasteiger partial charge in [-0.1, -0.05) is 6.07 Å². The lowest BCUT2D eigenvalue weighted by atomic mass is 10.0. The number of rotatable bonds is 4. The number of nitrogens with two attached hydrogens (primary N) is 2. The standard InChI is InChI=1S/C22H22N6O2S/c23-16-4-2-11-1-3-12(7-15(11)27-16)31-9-22-8-14(22)17(18(29)19(22)30)28-6-5-13-20(24)25-10-26-21(13)28/h1-7,10,14,17-19,29-30H,8-9H2,(H2,23,27)(H2,24,25,26)/t14-,17-,18+,19+,22+/m1/s1. The number of hydrogen-bond acceptors (Lipinski definition) is 8. The number of aliphatic hydroxyl groups excluding tert-OH is 2. The molecule has 0 radical (unpaired) electrons. The number of aromatic nitrogens is 4. The number of anilines is 2. The van der Waals surface area contributed by atoms with E-state index in [4.69, 9.17) is 11.5 Å². The Morgan fingerprint density at radius 3 is 2.84 bits per heavy atom. The second-order valence-electron chi connectivity index (χ2n) is 8.57. The number of aliphatic hydroxyl groups is 2. The Kier molecular flexibility index (Phi) is 3.99. The lowest BCUT2D eigenvalue weighted by Gasteiger charge is -2.24. The summed E-state index contributed by atoms with van der Waals surface area (Å²) in [4.78, 5) is 13.9. The van der Waals surface area contributed by atoms with Gasteiger partial charge in [0.25, 0.3) is 0 Å². The van der Waals surface area contributed by atoms with E-state index in [1.807, 2.05) is 35.0 Å². The van der Waals surface area contributed by atoms with Crippen LogP contribution in [0.3, 0.4) is 0 Å². The van der Waals surface area contributed by atoms with E-state index >= 15 is 0 Å². The predicted octanol–water partition coefficient (Wildman–Crippen LogP) is 2.22. The first-order valence-electron chi connectivity index (χ1n) is 10.2. The Morgan fingerprint density at radius 2 is 1.97 bits per heavy atom. The van der Waals surface area contributed by atoms with Gasteiger partial charge in [0.1, 0.15) is 29.7 Å². The summed E-state index contributed by atoms with van der Waals surface area (Å²) >= 11 is 1.68. The minimum atomic E-state index is -0.857. The van der Waals surface area contributed by atoms with Gasteiger partial charge < -0.3 is 26.2 Å². The first kappa shape index (κ1) is 18.9. The molecule has 9 heteroatoms. The molecule has 6 rings (SSSR count). The molecule has 3 heterocycles. The quantitative estimate of drug-likeness (QED) is 0.359. The van der Waals surface area contributed by atoms with E-state index in [1.54, 1.807) is 17.8 Å². The second kappa shape index (κ2) is 6.56. The highest BCUT2D eigenvalue weighted by molar-refractivity contribution is 7.99. The number of thioether (sulfide) groups is 1. The Hall–Kier alpha value is -2.88. The van der Waals surface area contributed by atoms with Crippen molar-refractivity contribution in [3.8, 4) is 0 Å². The van der Waals surface area contributed by atoms with Crippen molar-refractivity contribution in [1.29, 1.82) is 0 Å². The predicted molar refractivity (Wildman–Crippen MR) is 120 cm³/mol. The van der Waals surface area contributed by atoms with Crippen molar-refractivity contribution in [3.05, 3.63) is 48.9 Å². The van der Waals surface area contributed by atoms with E-state index in [2.05, 4.69) is 21.0 Å². The number of pyridine rings is 1. The third kappa shape index (κ3) is 2.73. The smallest absolute Gasteiger partial charge is 0.145 e. The van der Waals surface area contributed by atoms with Gasteiger partial charge in [0.15, 0.2) is 0 Å². The molecule has 1 aromatic carbocycles. The Bertz CT molecular complexity index is 1330. The minimum Gasteiger partial charge on any atom is -0.390 e. The van der Waals surface area contributed by atoms with Gasteiger partial charge in [-0.25, -0.2) is 15.0 Å². The van der Waals surface area contributed by atoms with Gasteiger partial charge in [0.05, 0.1) is 23.0 Å². The number of fused-ring (bicyclic) bond motifs is 3. The first-order valence-corrected chi connectivity index (χ1v) is 11.2. The molecule has 2 saturated carbocycles. The molecule has 2 fully saturated rings. The van der Waals surface area contributed by atoms with Gasteiger partial charge >= 0.3 is 0 Å². The van der Waals surface area contributed by atoms with Crippen LogP contribution in [0.4, 0.5) is 11.6 Å². The minimum absolute atomic E-state index is 0.172. The van der Waals surface area contributed by atoms with Crippen LogP contribution in [0.15, 0.2) is 53.8 Å². The monoisotopic (exact) mass is 434 g/mol. The maximum absolute atomic E-state index is 11.0. The molecule has 5 atom stereocenters. The van der Waals surface area contributed by atoms with Crippen LogP contribution >= 0.6 is 11.8 Å². The fourth-order valence-electron chi connectivity index (χ4n) is 5.18. The fraction of sp³-hybridized carbons (Fsp3) is 0.318. The summed E-state index contributed by atoms with van der Waals surface area (Å²) in [5.41, 5.74) is 13.0. The highest BCUT2D eigenvalue weighted by Crippen LogP contribution is 2.69. The molecule has 3 aromatic heterocycles. The molecule has 0 bridgehead atoms. The summed E-state index contributed by atoms with van der Waals surface area (Å²) in [6.07, 6.45) is 2.53. The molecule has 158 valence electrons.